The van der Waals surface area contributed by atoms with Crippen LogP contribution in [0.25, 0.3) is 21.9 Å². The molecule has 0 radical (unpaired) electrons. The molecule has 4 nitrogen and oxygen atoms in total. The van der Waals surface area contributed by atoms with E-state index >= 15 is 0 Å². The van der Waals surface area contributed by atoms with Gasteiger partial charge in [0.15, 0.2) is 5.82 Å². The fourth-order valence-electron chi connectivity index (χ4n) is 2.96. The summed E-state index contributed by atoms with van der Waals surface area (Å²) in [6.45, 7) is 0. The Morgan fingerprint density at radius 2 is 1.93 bits per heavy atom. The van der Waals surface area contributed by atoms with Gasteiger partial charge in [-0.05, 0) is 36.1 Å². The number of nitrogen functional groups attached to an aromatic ring is 1. The van der Waals surface area contributed by atoms with E-state index in [1.807, 2.05) is 0 Å². The van der Waals surface area contributed by atoms with Crippen LogP contribution in [0.4, 0.5) is 20.3 Å². The lowest BCUT2D eigenvalue weighted by atomic mass is 9.99. The summed E-state index contributed by atoms with van der Waals surface area (Å²) in [7, 11) is 0. The standard InChI is InChI=1S/C19H13Cl2F2N3O/c20-12-2-1-3-13(21)16(12)10-4-8-5-15(26-19(27)9-6-14(9)22)25-7-11(8)18(24)17(10)23/h1-5,7,9,14H,6,24H2,(H,25,26,27)/t9-,14+/m1/s1. The molecule has 1 heterocycles. The fourth-order valence-corrected chi connectivity index (χ4v) is 3.56. The van der Waals surface area contributed by atoms with Gasteiger partial charge in [-0.3, -0.25) is 4.79 Å². The van der Waals surface area contributed by atoms with Gasteiger partial charge < -0.3 is 11.1 Å². The van der Waals surface area contributed by atoms with Crippen LogP contribution >= 0.6 is 23.2 Å². The first-order valence-electron chi connectivity index (χ1n) is 8.14. The third-order valence-electron chi connectivity index (χ3n) is 4.53. The molecule has 0 unspecified atom stereocenters. The summed E-state index contributed by atoms with van der Waals surface area (Å²) in [4.78, 5) is 16.0. The Kier molecular flexibility index (Phi) is 4.40. The predicted molar refractivity (Wildman–Crippen MR) is 103 cm³/mol. The number of nitrogens with two attached hydrogens (primary N) is 1. The minimum atomic E-state index is -1.11. The van der Waals surface area contributed by atoms with Crippen LogP contribution in [0.15, 0.2) is 36.5 Å². The second-order valence-electron chi connectivity index (χ2n) is 6.39. The van der Waals surface area contributed by atoms with E-state index in [0.717, 1.165) is 0 Å². The Morgan fingerprint density at radius 3 is 2.56 bits per heavy atom. The van der Waals surface area contributed by atoms with Crippen molar-refractivity contribution < 1.29 is 13.6 Å². The lowest BCUT2D eigenvalue weighted by molar-refractivity contribution is -0.117. The van der Waals surface area contributed by atoms with Gasteiger partial charge in [-0.2, -0.15) is 0 Å². The topological polar surface area (TPSA) is 68.0 Å². The van der Waals surface area contributed by atoms with E-state index in [9.17, 15) is 13.6 Å². The molecule has 3 aromatic rings. The number of nitrogens with one attached hydrogen (secondary N) is 1. The summed E-state index contributed by atoms with van der Waals surface area (Å²) in [5.74, 6) is -1.50. The molecule has 1 amide bonds. The molecule has 4 rings (SSSR count). The number of aromatic nitrogens is 1. The molecular formula is C19H13Cl2F2N3O. The molecule has 0 aliphatic heterocycles. The predicted octanol–water partition coefficient (Wildman–Crippen LogP) is 5.23. The highest BCUT2D eigenvalue weighted by atomic mass is 35.5. The highest BCUT2D eigenvalue weighted by Crippen LogP contribution is 2.40. The third-order valence-corrected chi connectivity index (χ3v) is 5.16. The highest BCUT2D eigenvalue weighted by Gasteiger charge is 2.43. The molecular weight excluding hydrogens is 395 g/mol. The van der Waals surface area contributed by atoms with Crippen LogP contribution in [-0.2, 0) is 4.79 Å². The number of pyridine rings is 1. The molecule has 3 N–H and O–H groups in total. The van der Waals surface area contributed by atoms with Gasteiger partial charge in [0.05, 0.1) is 11.6 Å². The summed E-state index contributed by atoms with van der Waals surface area (Å²) >= 11 is 12.4. The van der Waals surface area contributed by atoms with Crippen LogP contribution in [0.2, 0.25) is 10.0 Å². The summed E-state index contributed by atoms with van der Waals surface area (Å²) in [6, 6.07) is 7.95. The van der Waals surface area contributed by atoms with Crippen molar-refractivity contribution in [3.05, 3.63) is 52.4 Å². The molecule has 8 heteroatoms. The number of alkyl halides is 1. The van der Waals surface area contributed by atoms with Crippen LogP contribution in [0.1, 0.15) is 6.42 Å². The zero-order chi connectivity index (χ0) is 19.3. The molecule has 1 aliphatic carbocycles. The average molecular weight is 408 g/mol. The van der Waals surface area contributed by atoms with Crippen molar-refractivity contribution in [2.24, 2.45) is 5.92 Å². The van der Waals surface area contributed by atoms with E-state index in [0.29, 0.717) is 16.3 Å². The van der Waals surface area contributed by atoms with Crippen LogP contribution in [0, 0.1) is 11.7 Å². The van der Waals surface area contributed by atoms with Gasteiger partial charge in [-0.25, -0.2) is 13.8 Å². The van der Waals surface area contributed by atoms with Gasteiger partial charge in [0.25, 0.3) is 0 Å². The number of anilines is 2. The summed E-state index contributed by atoms with van der Waals surface area (Å²) in [6.07, 6.45) is 0.470. The Morgan fingerprint density at radius 1 is 1.26 bits per heavy atom. The Labute approximate surface area is 163 Å². The first-order chi connectivity index (χ1) is 12.9. The number of rotatable bonds is 3. The van der Waals surface area contributed by atoms with Gasteiger partial charge in [0.1, 0.15) is 12.0 Å². The van der Waals surface area contributed by atoms with Crippen LogP contribution in [0.5, 0.6) is 0 Å². The maximum atomic E-state index is 14.9. The monoisotopic (exact) mass is 407 g/mol. The fraction of sp³-hybridized carbons (Fsp3) is 0.158. The molecule has 0 bridgehead atoms. The number of amides is 1. The van der Waals surface area contributed by atoms with Gasteiger partial charge in [-0.15, -0.1) is 0 Å². The molecule has 0 spiro atoms. The lowest BCUT2D eigenvalue weighted by Gasteiger charge is -2.13. The molecule has 1 saturated carbocycles. The van der Waals surface area contributed by atoms with Crippen molar-refractivity contribution in [2.75, 3.05) is 11.1 Å². The van der Waals surface area contributed by atoms with Gasteiger partial charge >= 0.3 is 0 Å². The first kappa shape index (κ1) is 17.9. The summed E-state index contributed by atoms with van der Waals surface area (Å²) < 4.78 is 27.9. The van der Waals surface area contributed by atoms with Crippen molar-refractivity contribution >= 4 is 51.4 Å². The zero-order valence-electron chi connectivity index (χ0n) is 13.8. The lowest BCUT2D eigenvalue weighted by Crippen LogP contribution is -2.15. The normalized spacial score (nSPS) is 18.5. The number of fused-ring (bicyclic) bond motifs is 1. The van der Waals surface area contributed by atoms with E-state index in [4.69, 9.17) is 28.9 Å². The largest absolute Gasteiger partial charge is 0.396 e. The van der Waals surface area contributed by atoms with Crippen LogP contribution in [-0.4, -0.2) is 17.1 Å². The molecule has 1 aliphatic rings. The molecule has 0 saturated heterocycles. The van der Waals surface area contributed by atoms with Crippen LogP contribution < -0.4 is 11.1 Å². The van der Waals surface area contributed by atoms with Crippen molar-refractivity contribution in [1.29, 1.82) is 0 Å². The highest BCUT2D eigenvalue weighted by molar-refractivity contribution is 6.39. The summed E-state index contributed by atoms with van der Waals surface area (Å²) in [5.41, 5.74) is 6.31. The van der Waals surface area contributed by atoms with Gasteiger partial charge in [0.2, 0.25) is 5.91 Å². The van der Waals surface area contributed by atoms with Crippen molar-refractivity contribution in [1.82, 2.24) is 4.98 Å². The molecule has 138 valence electrons. The second-order valence-corrected chi connectivity index (χ2v) is 7.20. The molecule has 1 fully saturated rings. The van der Waals surface area contributed by atoms with Gasteiger partial charge in [-0.1, -0.05) is 29.3 Å². The van der Waals surface area contributed by atoms with Crippen LogP contribution in [0.3, 0.4) is 0 Å². The third kappa shape index (κ3) is 3.19. The maximum absolute atomic E-state index is 14.9. The Hall–Kier alpha value is -2.44. The number of hydrogen-bond donors (Lipinski definition) is 2. The van der Waals surface area contributed by atoms with E-state index < -0.39 is 23.8 Å². The maximum Gasteiger partial charge on any atom is 0.231 e. The molecule has 2 atom stereocenters. The SMILES string of the molecule is Nc1c(F)c(-c2c(Cl)cccc2Cl)cc2cc(NC(=O)[C@@H]3C[C@@H]3F)ncc12. The number of halogens is 4. The van der Waals surface area contributed by atoms with E-state index in [-0.39, 0.29) is 33.5 Å². The van der Waals surface area contributed by atoms with E-state index in [1.165, 1.54) is 6.20 Å². The minimum Gasteiger partial charge on any atom is -0.396 e. The van der Waals surface area contributed by atoms with Crippen molar-refractivity contribution in [3.63, 3.8) is 0 Å². The van der Waals surface area contributed by atoms with Crippen molar-refractivity contribution in [2.45, 2.75) is 12.6 Å². The number of hydrogen-bond acceptors (Lipinski definition) is 3. The Bertz CT molecular complexity index is 1070. The first-order valence-corrected chi connectivity index (χ1v) is 8.89. The number of carbonyl (C=O) groups is 1. The number of carbonyl (C=O) groups excluding carboxylic acids is 1. The molecule has 27 heavy (non-hydrogen) atoms. The second kappa shape index (κ2) is 6.62. The average Bonchev–Trinajstić information content (AvgIpc) is 3.36. The zero-order valence-corrected chi connectivity index (χ0v) is 15.3. The molecule has 2 aromatic carbocycles. The number of benzene rings is 2. The molecule has 1 aromatic heterocycles. The summed E-state index contributed by atoms with van der Waals surface area (Å²) in [5, 5.41) is 4.05. The number of nitrogens with zero attached hydrogens (tertiary/aromatic N) is 1. The quantitative estimate of drug-likeness (QED) is 0.584. The van der Waals surface area contributed by atoms with Gasteiger partial charge in [0, 0.05) is 32.8 Å². The Balaban J connectivity index is 1.81. The van der Waals surface area contributed by atoms with Crippen molar-refractivity contribution in [3.8, 4) is 11.1 Å². The van der Waals surface area contributed by atoms with E-state index in [2.05, 4.69) is 10.3 Å². The van der Waals surface area contributed by atoms with E-state index in [1.54, 1.807) is 30.3 Å². The minimum absolute atomic E-state index is 0.102. The smallest absolute Gasteiger partial charge is 0.231 e.